The first kappa shape index (κ1) is 18.7. The molecule has 5 nitrogen and oxygen atoms in total. The molecule has 2 aromatic carbocycles. The van der Waals surface area contributed by atoms with Crippen LogP contribution in [0.25, 0.3) is 0 Å². The van der Waals surface area contributed by atoms with Crippen molar-refractivity contribution in [3.8, 4) is 11.5 Å². The molecule has 1 N–H and O–H groups in total. The molecule has 2 aliphatic heterocycles. The number of anilines is 1. The van der Waals surface area contributed by atoms with Crippen LogP contribution in [0.15, 0.2) is 48.5 Å². The van der Waals surface area contributed by atoms with Gasteiger partial charge in [0.25, 0.3) is 0 Å². The second-order valence-corrected chi connectivity index (χ2v) is 7.85. The fourth-order valence-electron chi connectivity index (χ4n) is 5.15. The number of nitrogens with zero attached hydrogens (tertiary/aromatic N) is 1. The van der Waals surface area contributed by atoms with Gasteiger partial charge in [0.2, 0.25) is 0 Å². The van der Waals surface area contributed by atoms with Crippen molar-refractivity contribution in [1.29, 1.82) is 0 Å². The number of hydrogen-bond acceptors (Lipinski definition) is 4. The molecular formula is C23H27NO4. The number of methoxy groups -OCH3 is 2. The van der Waals surface area contributed by atoms with E-state index in [4.69, 9.17) is 9.47 Å². The normalized spacial score (nSPS) is 26.6. The molecule has 0 aliphatic carbocycles. The van der Waals surface area contributed by atoms with Crippen LogP contribution in [0.1, 0.15) is 37.7 Å². The number of rotatable bonds is 5. The molecule has 2 fully saturated rings. The van der Waals surface area contributed by atoms with Crippen molar-refractivity contribution in [3.63, 3.8) is 0 Å². The summed E-state index contributed by atoms with van der Waals surface area (Å²) in [5.74, 6) is 0.816. The van der Waals surface area contributed by atoms with E-state index in [1.165, 1.54) is 0 Å². The fraction of sp³-hybridized carbons (Fsp3) is 0.435. The Balaban J connectivity index is 1.76. The Hall–Kier alpha value is -2.69. The van der Waals surface area contributed by atoms with Crippen LogP contribution < -0.4 is 14.4 Å². The third-order valence-electron chi connectivity index (χ3n) is 6.42. The molecule has 2 heterocycles. The molecule has 0 radical (unpaired) electrons. The summed E-state index contributed by atoms with van der Waals surface area (Å²) in [6.45, 7) is 0. The molecular weight excluding hydrogens is 354 g/mol. The third-order valence-corrected chi connectivity index (χ3v) is 6.42. The maximum Gasteiger partial charge on any atom is 0.314 e. The molecule has 2 aliphatic rings. The first-order valence-corrected chi connectivity index (χ1v) is 9.88. The average molecular weight is 381 g/mol. The van der Waals surface area contributed by atoms with Crippen molar-refractivity contribution < 1.29 is 19.4 Å². The van der Waals surface area contributed by atoms with E-state index in [0.29, 0.717) is 18.6 Å². The van der Waals surface area contributed by atoms with Crippen LogP contribution >= 0.6 is 0 Å². The number of para-hydroxylation sites is 2. The summed E-state index contributed by atoms with van der Waals surface area (Å²) >= 11 is 0. The highest BCUT2D eigenvalue weighted by Gasteiger charge is 2.52. The van der Waals surface area contributed by atoms with Gasteiger partial charge in [0, 0.05) is 12.1 Å². The summed E-state index contributed by atoms with van der Waals surface area (Å²) in [6.07, 6.45) is 4.30. The van der Waals surface area contributed by atoms with Gasteiger partial charge in [-0.25, -0.2) is 0 Å². The van der Waals surface area contributed by atoms with Crippen molar-refractivity contribution in [2.75, 3.05) is 19.1 Å². The molecule has 3 atom stereocenters. The lowest BCUT2D eigenvalue weighted by molar-refractivity contribution is -0.146. The van der Waals surface area contributed by atoms with E-state index in [0.717, 1.165) is 36.3 Å². The predicted molar refractivity (Wildman–Crippen MR) is 108 cm³/mol. The van der Waals surface area contributed by atoms with Crippen LogP contribution in [0.5, 0.6) is 11.5 Å². The average Bonchev–Trinajstić information content (AvgIpc) is 2.72. The highest BCUT2D eigenvalue weighted by atomic mass is 16.5. The first-order chi connectivity index (χ1) is 13.6. The smallest absolute Gasteiger partial charge is 0.314 e. The van der Waals surface area contributed by atoms with Gasteiger partial charge in [0.15, 0.2) is 0 Å². The van der Waals surface area contributed by atoms with Crippen LogP contribution in [-0.4, -0.2) is 37.4 Å². The highest BCUT2D eigenvalue weighted by molar-refractivity contribution is 5.83. The van der Waals surface area contributed by atoms with Crippen LogP contribution in [-0.2, 0) is 10.2 Å². The minimum atomic E-state index is -0.886. The van der Waals surface area contributed by atoms with Gasteiger partial charge in [-0.3, -0.25) is 4.79 Å². The number of piperidine rings is 2. The van der Waals surface area contributed by atoms with Crippen molar-refractivity contribution in [2.24, 2.45) is 0 Å². The standard InChI is InChI=1S/C23H27NO4/c1-27-19-10-5-7-16(13-19)23(22(25)26)14-17-8-6-9-18(15-23)24(17)20-11-3-4-12-21(20)28-2/h3-5,7,10-13,17-18H,6,8-9,14-15H2,1-2H3,(H,25,26)/t17-,18+,23?. The van der Waals surface area contributed by atoms with E-state index in [2.05, 4.69) is 11.0 Å². The van der Waals surface area contributed by atoms with E-state index >= 15 is 0 Å². The number of carboxylic acid groups (broad SMARTS) is 1. The molecule has 0 aromatic heterocycles. The van der Waals surface area contributed by atoms with E-state index in [9.17, 15) is 9.90 Å². The Morgan fingerprint density at radius 3 is 2.39 bits per heavy atom. The Kier molecular flexibility index (Phi) is 4.92. The minimum Gasteiger partial charge on any atom is -0.497 e. The molecule has 0 saturated carbocycles. The molecule has 2 saturated heterocycles. The van der Waals surface area contributed by atoms with Gasteiger partial charge in [0.1, 0.15) is 11.5 Å². The molecule has 2 aromatic rings. The fourth-order valence-corrected chi connectivity index (χ4v) is 5.15. The molecule has 4 rings (SSSR count). The van der Waals surface area contributed by atoms with Gasteiger partial charge in [-0.2, -0.15) is 0 Å². The molecule has 0 amide bonds. The maximum atomic E-state index is 12.6. The van der Waals surface area contributed by atoms with E-state index in [-0.39, 0.29) is 12.1 Å². The number of aliphatic carboxylic acids is 1. The van der Waals surface area contributed by atoms with Gasteiger partial charge in [-0.15, -0.1) is 0 Å². The zero-order valence-electron chi connectivity index (χ0n) is 16.4. The quantitative estimate of drug-likeness (QED) is 0.839. The minimum absolute atomic E-state index is 0.172. The molecule has 2 bridgehead atoms. The summed E-state index contributed by atoms with van der Waals surface area (Å²) < 4.78 is 11.0. The van der Waals surface area contributed by atoms with Gasteiger partial charge < -0.3 is 19.5 Å². The molecule has 1 unspecified atom stereocenters. The number of benzene rings is 2. The highest BCUT2D eigenvalue weighted by Crippen LogP contribution is 2.49. The van der Waals surface area contributed by atoms with E-state index < -0.39 is 11.4 Å². The first-order valence-electron chi connectivity index (χ1n) is 9.88. The molecule has 28 heavy (non-hydrogen) atoms. The topological polar surface area (TPSA) is 59.0 Å². The summed E-state index contributed by atoms with van der Waals surface area (Å²) in [4.78, 5) is 15.0. The van der Waals surface area contributed by atoms with E-state index in [1.807, 2.05) is 42.5 Å². The number of carbonyl (C=O) groups is 1. The van der Waals surface area contributed by atoms with Crippen molar-refractivity contribution in [1.82, 2.24) is 0 Å². The number of hydrogen-bond donors (Lipinski definition) is 1. The van der Waals surface area contributed by atoms with Crippen LogP contribution in [0.4, 0.5) is 5.69 Å². The summed E-state index contributed by atoms with van der Waals surface area (Å²) in [5.41, 5.74) is 1.03. The summed E-state index contributed by atoms with van der Waals surface area (Å²) in [5, 5.41) is 10.3. The van der Waals surface area contributed by atoms with Crippen LogP contribution in [0, 0.1) is 0 Å². The van der Waals surface area contributed by atoms with E-state index in [1.54, 1.807) is 14.2 Å². The predicted octanol–water partition coefficient (Wildman–Crippen LogP) is 4.25. The third kappa shape index (κ3) is 2.99. The van der Waals surface area contributed by atoms with Gasteiger partial charge >= 0.3 is 5.97 Å². The number of fused-ring (bicyclic) bond motifs is 2. The lowest BCUT2D eigenvalue weighted by atomic mass is 9.64. The monoisotopic (exact) mass is 381 g/mol. The lowest BCUT2D eigenvalue weighted by Crippen LogP contribution is -2.59. The molecule has 0 spiro atoms. The van der Waals surface area contributed by atoms with Crippen molar-refractivity contribution in [3.05, 3.63) is 54.1 Å². The zero-order valence-corrected chi connectivity index (χ0v) is 16.4. The molecule has 5 heteroatoms. The summed E-state index contributed by atoms with van der Waals surface area (Å²) in [6, 6.07) is 16.0. The van der Waals surface area contributed by atoms with Crippen LogP contribution in [0.3, 0.4) is 0 Å². The second-order valence-electron chi connectivity index (χ2n) is 7.85. The molecule has 148 valence electrons. The van der Waals surface area contributed by atoms with Gasteiger partial charge in [-0.1, -0.05) is 24.3 Å². The second kappa shape index (κ2) is 7.38. The maximum absolute atomic E-state index is 12.6. The summed E-state index contributed by atoms with van der Waals surface area (Å²) in [7, 11) is 3.31. The van der Waals surface area contributed by atoms with Gasteiger partial charge in [-0.05, 0) is 61.9 Å². The zero-order chi connectivity index (χ0) is 19.7. The Labute approximate surface area is 165 Å². The SMILES string of the molecule is COc1cccc(C2(C(=O)O)C[C@H]3CCC[C@@H](C2)N3c2ccccc2OC)c1. The van der Waals surface area contributed by atoms with Gasteiger partial charge in [0.05, 0.1) is 25.3 Å². The largest absolute Gasteiger partial charge is 0.497 e. The Morgan fingerprint density at radius 1 is 1.04 bits per heavy atom. The lowest BCUT2D eigenvalue weighted by Gasteiger charge is -2.53. The number of ether oxygens (including phenoxy) is 2. The number of carboxylic acids is 1. The van der Waals surface area contributed by atoms with Crippen molar-refractivity contribution >= 4 is 11.7 Å². The van der Waals surface area contributed by atoms with Crippen LogP contribution in [0.2, 0.25) is 0 Å². The van der Waals surface area contributed by atoms with Crippen molar-refractivity contribution in [2.45, 2.75) is 49.6 Å². The Morgan fingerprint density at radius 2 is 1.75 bits per heavy atom. The Bertz CT molecular complexity index is 851.